The summed E-state index contributed by atoms with van der Waals surface area (Å²) in [6.45, 7) is 6.34. The molecule has 1 saturated heterocycles. The van der Waals surface area contributed by atoms with Crippen molar-refractivity contribution in [2.45, 2.75) is 58.3 Å². The van der Waals surface area contributed by atoms with Gasteiger partial charge in [0.1, 0.15) is 11.9 Å². The first-order valence-electron chi connectivity index (χ1n) is 7.88. The van der Waals surface area contributed by atoms with Gasteiger partial charge in [-0.1, -0.05) is 32.9 Å². The van der Waals surface area contributed by atoms with E-state index in [1.54, 1.807) is 7.11 Å². The molecule has 1 heterocycles. The first kappa shape index (κ1) is 15.8. The molecule has 0 aromatic heterocycles. The van der Waals surface area contributed by atoms with Gasteiger partial charge in [0.05, 0.1) is 13.2 Å². The average molecular weight is 290 g/mol. The molecule has 1 aliphatic rings. The highest BCUT2D eigenvalue weighted by atomic mass is 16.5. The summed E-state index contributed by atoms with van der Waals surface area (Å²) in [7, 11) is 1.66. The van der Waals surface area contributed by atoms with Crippen LogP contribution in [0.5, 0.6) is 5.75 Å². The third-order valence-corrected chi connectivity index (χ3v) is 4.37. The molecule has 2 atom stereocenters. The Kier molecular flexibility index (Phi) is 5.23. The lowest BCUT2D eigenvalue weighted by Crippen LogP contribution is -2.39. The molecule has 2 rings (SSSR count). The molecular weight excluding hydrogens is 264 g/mol. The van der Waals surface area contributed by atoms with E-state index < -0.39 is 0 Å². The fourth-order valence-electron chi connectivity index (χ4n) is 3.06. The van der Waals surface area contributed by atoms with E-state index in [0.717, 1.165) is 30.6 Å². The SMILES string of the molecule is CCC1NC(c2ccc(OC)cc2)N(C(CC)CC)C1=O. The molecule has 1 aromatic carbocycles. The maximum absolute atomic E-state index is 12.6. The van der Waals surface area contributed by atoms with Crippen molar-refractivity contribution in [1.82, 2.24) is 10.2 Å². The van der Waals surface area contributed by atoms with E-state index in [4.69, 9.17) is 4.74 Å². The molecule has 0 radical (unpaired) electrons. The molecule has 21 heavy (non-hydrogen) atoms. The van der Waals surface area contributed by atoms with Crippen LogP contribution in [0.2, 0.25) is 0 Å². The van der Waals surface area contributed by atoms with Gasteiger partial charge in [0.15, 0.2) is 0 Å². The molecule has 1 fully saturated rings. The second-order valence-electron chi connectivity index (χ2n) is 5.52. The van der Waals surface area contributed by atoms with E-state index in [1.807, 2.05) is 29.2 Å². The molecule has 0 spiro atoms. The minimum absolute atomic E-state index is 0.0294. The van der Waals surface area contributed by atoms with Gasteiger partial charge in [0, 0.05) is 6.04 Å². The largest absolute Gasteiger partial charge is 0.497 e. The Labute approximate surface area is 127 Å². The molecule has 1 amide bonds. The molecule has 0 aliphatic carbocycles. The topological polar surface area (TPSA) is 41.6 Å². The molecular formula is C17H26N2O2. The molecule has 4 nitrogen and oxygen atoms in total. The molecule has 1 N–H and O–H groups in total. The average Bonchev–Trinajstić information content (AvgIpc) is 2.86. The van der Waals surface area contributed by atoms with Crippen LogP contribution in [0.1, 0.15) is 51.8 Å². The quantitative estimate of drug-likeness (QED) is 0.875. The first-order valence-corrected chi connectivity index (χ1v) is 7.88. The van der Waals surface area contributed by atoms with Gasteiger partial charge in [-0.25, -0.2) is 0 Å². The summed E-state index contributed by atoms with van der Waals surface area (Å²) in [6, 6.07) is 8.19. The summed E-state index contributed by atoms with van der Waals surface area (Å²) in [4.78, 5) is 14.7. The highest BCUT2D eigenvalue weighted by Crippen LogP contribution is 2.31. The number of ether oxygens (including phenoxy) is 1. The monoisotopic (exact) mass is 290 g/mol. The van der Waals surface area contributed by atoms with E-state index in [1.165, 1.54) is 0 Å². The zero-order valence-electron chi connectivity index (χ0n) is 13.4. The van der Waals surface area contributed by atoms with Crippen LogP contribution in [-0.4, -0.2) is 30.0 Å². The number of nitrogens with one attached hydrogen (secondary N) is 1. The Morgan fingerprint density at radius 3 is 2.29 bits per heavy atom. The third kappa shape index (κ3) is 3.05. The number of methoxy groups -OCH3 is 1. The van der Waals surface area contributed by atoms with Crippen LogP contribution in [0.15, 0.2) is 24.3 Å². The normalized spacial score (nSPS) is 22.1. The zero-order chi connectivity index (χ0) is 15.4. The Morgan fingerprint density at radius 1 is 1.19 bits per heavy atom. The maximum atomic E-state index is 12.6. The molecule has 4 heteroatoms. The van der Waals surface area contributed by atoms with Crippen molar-refractivity contribution in [1.29, 1.82) is 0 Å². The van der Waals surface area contributed by atoms with Crippen molar-refractivity contribution in [3.63, 3.8) is 0 Å². The van der Waals surface area contributed by atoms with E-state index in [-0.39, 0.29) is 24.2 Å². The van der Waals surface area contributed by atoms with E-state index >= 15 is 0 Å². The van der Waals surface area contributed by atoms with E-state index in [0.29, 0.717) is 0 Å². The van der Waals surface area contributed by atoms with Crippen molar-refractivity contribution in [3.8, 4) is 5.75 Å². The minimum atomic E-state index is -0.0716. The minimum Gasteiger partial charge on any atom is -0.497 e. The summed E-state index contributed by atoms with van der Waals surface area (Å²) < 4.78 is 5.21. The van der Waals surface area contributed by atoms with Gasteiger partial charge >= 0.3 is 0 Å². The second kappa shape index (κ2) is 6.94. The Morgan fingerprint density at radius 2 is 1.81 bits per heavy atom. The van der Waals surface area contributed by atoms with Gasteiger partial charge in [-0.3, -0.25) is 10.1 Å². The fraction of sp³-hybridized carbons (Fsp3) is 0.588. The van der Waals surface area contributed by atoms with Crippen LogP contribution in [-0.2, 0) is 4.79 Å². The molecule has 2 unspecified atom stereocenters. The maximum Gasteiger partial charge on any atom is 0.241 e. The summed E-state index contributed by atoms with van der Waals surface area (Å²) in [5, 5.41) is 3.48. The third-order valence-electron chi connectivity index (χ3n) is 4.37. The predicted molar refractivity (Wildman–Crippen MR) is 84.2 cm³/mol. The number of rotatable bonds is 6. The van der Waals surface area contributed by atoms with Crippen molar-refractivity contribution in [2.75, 3.05) is 7.11 Å². The summed E-state index contributed by atoms with van der Waals surface area (Å²) in [5.41, 5.74) is 1.12. The van der Waals surface area contributed by atoms with Crippen LogP contribution < -0.4 is 10.1 Å². The number of carbonyl (C=O) groups excluding carboxylic acids is 1. The second-order valence-corrected chi connectivity index (χ2v) is 5.52. The Hall–Kier alpha value is -1.55. The van der Waals surface area contributed by atoms with Gasteiger partial charge in [-0.2, -0.15) is 0 Å². The van der Waals surface area contributed by atoms with Crippen molar-refractivity contribution in [3.05, 3.63) is 29.8 Å². The fourth-order valence-corrected chi connectivity index (χ4v) is 3.06. The van der Waals surface area contributed by atoms with Gasteiger partial charge in [0.2, 0.25) is 5.91 Å². The molecule has 1 aromatic rings. The van der Waals surface area contributed by atoms with Crippen LogP contribution in [0, 0.1) is 0 Å². The van der Waals surface area contributed by atoms with Crippen molar-refractivity contribution >= 4 is 5.91 Å². The number of hydrogen-bond donors (Lipinski definition) is 1. The van der Waals surface area contributed by atoms with Gasteiger partial charge in [-0.15, -0.1) is 0 Å². The Balaban J connectivity index is 2.31. The van der Waals surface area contributed by atoms with Crippen molar-refractivity contribution < 1.29 is 9.53 Å². The molecule has 116 valence electrons. The standard InChI is InChI=1S/C17H26N2O2/c1-5-13(6-2)19-16(18-15(7-3)17(19)20)12-8-10-14(21-4)11-9-12/h8-11,13,15-16,18H,5-7H2,1-4H3. The lowest BCUT2D eigenvalue weighted by atomic mass is 10.1. The highest BCUT2D eigenvalue weighted by molar-refractivity contribution is 5.84. The first-order chi connectivity index (χ1) is 10.2. The number of benzene rings is 1. The van der Waals surface area contributed by atoms with Crippen LogP contribution in [0.25, 0.3) is 0 Å². The number of amides is 1. The number of hydrogen-bond acceptors (Lipinski definition) is 3. The summed E-state index contributed by atoms with van der Waals surface area (Å²) in [6.07, 6.45) is 2.75. The highest BCUT2D eigenvalue weighted by Gasteiger charge is 2.41. The number of nitrogens with zero attached hydrogens (tertiary/aromatic N) is 1. The van der Waals surface area contributed by atoms with Gasteiger partial charge in [-0.05, 0) is 37.0 Å². The zero-order valence-corrected chi connectivity index (χ0v) is 13.4. The Bertz CT molecular complexity index is 468. The van der Waals surface area contributed by atoms with Crippen LogP contribution >= 0.6 is 0 Å². The van der Waals surface area contributed by atoms with E-state index in [2.05, 4.69) is 26.1 Å². The summed E-state index contributed by atoms with van der Waals surface area (Å²) >= 11 is 0. The van der Waals surface area contributed by atoms with E-state index in [9.17, 15) is 4.79 Å². The lowest BCUT2D eigenvalue weighted by Gasteiger charge is -2.32. The van der Waals surface area contributed by atoms with Crippen LogP contribution in [0.4, 0.5) is 0 Å². The van der Waals surface area contributed by atoms with Gasteiger partial charge in [0.25, 0.3) is 0 Å². The van der Waals surface area contributed by atoms with Crippen molar-refractivity contribution in [2.24, 2.45) is 0 Å². The van der Waals surface area contributed by atoms with Gasteiger partial charge < -0.3 is 9.64 Å². The molecule has 0 bridgehead atoms. The number of carbonyl (C=O) groups is 1. The molecule has 0 saturated carbocycles. The van der Waals surface area contributed by atoms with Crippen LogP contribution in [0.3, 0.4) is 0 Å². The lowest BCUT2D eigenvalue weighted by molar-refractivity contribution is -0.132. The molecule has 1 aliphatic heterocycles. The smallest absolute Gasteiger partial charge is 0.241 e. The predicted octanol–water partition coefficient (Wildman–Crippen LogP) is 3.09. The summed E-state index contributed by atoms with van der Waals surface area (Å²) in [5.74, 6) is 1.07.